The maximum atomic E-state index is 13.2. The molecule has 0 spiro atoms. The third-order valence-corrected chi connectivity index (χ3v) is 6.84. The Morgan fingerprint density at radius 1 is 0.825 bits per heavy atom. The van der Waals surface area contributed by atoms with Gasteiger partial charge < -0.3 is 14.2 Å². The summed E-state index contributed by atoms with van der Waals surface area (Å²) in [5, 5.41) is 5.19. The highest BCUT2D eigenvalue weighted by molar-refractivity contribution is 5.98. The Bertz CT molecular complexity index is 1680. The molecular formula is C32H29N3O5. The first-order valence-electron chi connectivity index (χ1n) is 12.7. The van der Waals surface area contributed by atoms with Crippen molar-refractivity contribution in [2.75, 3.05) is 21.3 Å². The van der Waals surface area contributed by atoms with Crippen LogP contribution in [0.1, 0.15) is 37.5 Å². The minimum Gasteiger partial charge on any atom is -0.497 e. The molecule has 5 rings (SSSR count). The number of benzene rings is 3. The summed E-state index contributed by atoms with van der Waals surface area (Å²) < 4.78 is 17.6. The summed E-state index contributed by atoms with van der Waals surface area (Å²) in [6.45, 7) is 2.45. The summed E-state index contributed by atoms with van der Waals surface area (Å²) >= 11 is 0. The van der Waals surface area contributed by atoms with E-state index in [0.29, 0.717) is 40.3 Å². The molecule has 2 aromatic heterocycles. The van der Waals surface area contributed by atoms with Crippen LogP contribution in [-0.2, 0) is 13.0 Å². The molecule has 202 valence electrons. The number of pyridine rings is 1. The molecule has 0 aliphatic heterocycles. The summed E-state index contributed by atoms with van der Waals surface area (Å²) in [6.07, 6.45) is 0.954. The van der Waals surface area contributed by atoms with E-state index in [1.807, 2.05) is 61.5 Å². The number of hydrogen-bond donors (Lipinski definition) is 0. The van der Waals surface area contributed by atoms with Crippen LogP contribution >= 0.6 is 0 Å². The first-order chi connectivity index (χ1) is 19.4. The third kappa shape index (κ3) is 5.42. The number of aldehydes is 1. The van der Waals surface area contributed by atoms with Crippen LogP contribution in [0, 0.1) is 6.92 Å². The number of rotatable bonds is 10. The molecule has 40 heavy (non-hydrogen) atoms. The first kappa shape index (κ1) is 26.6. The number of ether oxygens (including phenoxy) is 3. The van der Waals surface area contributed by atoms with Crippen molar-refractivity contribution < 1.29 is 23.8 Å². The molecule has 8 nitrogen and oxygen atoms in total. The average Bonchev–Trinajstić information content (AvgIpc) is 3.34. The highest BCUT2D eigenvalue weighted by Gasteiger charge is 2.16. The van der Waals surface area contributed by atoms with Crippen LogP contribution in [0.4, 0.5) is 0 Å². The molecule has 2 heterocycles. The number of methoxy groups -OCH3 is 3. The van der Waals surface area contributed by atoms with Gasteiger partial charge in [0.1, 0.15) is 22.9 Å². The van der Waals surface area contributed by atoms with E-state index >= 15 is 0 Å². The van der Waals surface area contributed by atoms with Crippen molar-refractivity contribution in [2.24, 2.45) is 0 Å². The van der Waals surface area contributed by atoms with Gasteiger partial charge in [0.05, 0.1) is 33.6 Å². The molecule has 0 unspecified atom stereocenters. The van der Waals surface area contributed by atoms with Gasteiger partial charge in [-0.15, -0.1) is 0 Å². The molecular weight excluding hydrogens is 506 g/mol. The lowest BCUT2D eigenvalue weighted by atomic mass is 9.97. The Morgan fingerprint density at radius 3 is 2.15 bits per heavy atom. The van der Waals surface area contributed by atoms with Gasteiger partial charge in [-0.2, -0.15) is 5.10 Å². The van der Waals surface area contributed by atoms with Crippen LogP contribution < -0.4 is 14.2 Å². The van der Waals surface area contributed by atoms with E-state index in [-0.39, 0.29) is 12.2 Å². The zero-order valence-corrected chi connectivity index (χ0v) is 22.8. The summed E-state index contributed by atoms with van der Waals surface area (Å²) in [4.78, 5) is 29.9. The number of aromatic nitrogens is 3. The standard InChI is InChI=1S/C32H29N3O5/c1-20-5-6-22(14-31(37)23-15-25(39-3)17-26(16-23)40-4)13-28(20)29-12-11-27-30(19-36)34-35(32(27)33-29)18-21-7-9-24(38-2)10-8-21/h5-13,15-17,19H,14,18H2,1-4H3. The molecule has 0 aliphatic carbocycles. The topological polar surface area (TPSA) is 92.5 Å². The number of carbonyl (C=O) groups excluding carboxylic acids is 2. The fraction of sp³-hybridized carbons (Fsp3) is 0.188. The minimum absolute atomic E-state index is 0.0522. The fourth-order valence-electron chi connectivity index (χ4n) is 4.64. The maximum Gasteiger partial charge on any atom is 0.171 e. The van der Waals surface area contributed by atoms with Gasteiger partial charge in [-0.1, -0.05) is 24.3 Å². The Hall–Kier alpha value is -4.98. The van der Waals surface area contributed by atoms with Gasteiger partial charge in [0.15, 0.2) is 17.7 Å². The van der Waals surface area contributed by atoms with Gasteiger partial charge in [0.2, 0.25) is 0 Å². The van der Waals surface area contributed by atoms with Crippen LogP contribution in [0.15, 0.2) is 72.8 Å². The number of nitrogens with zero attached hydrogens (tertiary/aromatic N) is 3. The number of Topliss-reactive ketones (excluding diaryl/α,β-unsaturated/α-hetero) is 1. The predicted molar refractivity (Wildman–Crippen MR) is 153 cm³/mol. The molecule has 0 saturated carbocycles. The van der Waals surface area contributed by atoms with Crippen molar-refractivity contribution in [3.63, 3.8) is 0 Å². The quantitative estimate of drug-likeness (QED) is 0.167. The van der Waals surface area contributed by atoms with Gasteiger partial charge in [-0.3, -0.25) is 9.59 Å². The van der Waals surface area contributed by atoms with E-state index in [4.69, 9.17) is 19.2 Å². The fourth-order valence-corrected chi connectivity index (χ4v) is 4.64. The van der Waals surface area contributed by atoms with E-state index < -0.39 is 0 Å². The second-order valence-corrected chi connectivity index (χ2v) is 9.43. The molecule has 0 N–H and O–H groups in total. The lowest BCUT2D eigenvalue weighted by Gasteiger charge is -2.11. The Labute approximate surface area is 232 Å². The van der Waals surface area contributed by atoms with E-state index in [0.717, 1.165) is 40.0 Å². The number of fused-ring (bicyclic) bond motifs is 1. The second-order valence-electron chi connectivity index (χ2n) is 9.43. The van der Waals surface area contributed by atoms with Crippen molar-refractivity contribution in [1.82, 2.24) is 14.8 Å². The number of carbonyl (C=O) groups is 2. The van der Waals surface area contributed by atoms with Crippen LogP contribution in [0.3, 0.4) is 0 Å². The summed E-state index contributed by atoms with van der Waals surface area (Å²) in [6, 6.07) is 22.5. The molecule has 0 saturated heterocycles. The van der Waals surface area contributed by atoms with E-state index in [1.54, 1.807) is 44.2 Å². The smallest absolute Gasteiger partial charge is 0.171 e. The highest BCUT2D eigenvalue weighted by atomic mass is 16.5. The monoisotopic (exact) mass is 535 g/mol. The molecule has 8 heteroatoms. The van der Waals surface area contributed by atoms with E-state index in [1.165, 1.54) is 0 Å². The van der Waals surface area contributed by atoms with Crippen molar-refractivity contribution >= 4 is 23.1 Å². The van der Waals surface area contributed by atoms with Crippen LogP contribution in [0.5, 0.6) is 17.2 Å². The summed E-state index contributed by atoms with van der Waals surface area (Å²) in [5.41, 5.74) is 5.98. The van der Waals surface area contributed by atoms with Crippen LogP contribution in [0.2, 0.25) is 0 Å². The van der Waals surface area contributed by atoms with Crippen LogP contribution in [-0.4, -0.2) is 48.2 Å². The zero-order valence-electron chi connectivity index (χ0n) is 22.8. The molecule has 0 amide bonds. The zero-order chi connectivity index (χ0) is 28.2. The molecule has 0 fully saturated rings. The van der Waals surface area contributed by atoms with Crippen LogP contribution in [0.25, 0.3) is 22.3 Å². The third-order valence-electron chi connectivity index (χ3n) is 6.84. The molecule has 5 aromatic rings. The van der Waals surface area contributed by atoms with E-state index in [2.05, 4.69) is 5.10 Å². The Morgan fingerprint density at radius 2 is 1.50 bits per heavy atom. The summed E-state index contributed by atoms with van der Waals surface area (Å²) in [7, 11) is 4.74. The molecule has 0 bridgehead atoms. The molecule has 0 aliphatic rings. The average molecular weight is 536 g/mol. The minimum atomic E-state index is -0.0522. The maximum absolute atomic E-state index is 13.2. The second kappa shape index (κ2) is 11.4. The SMILES string of the molecule is COc1ccc(Cn2nc(C=O)c3ccc(-c4cc(CC(=O)c5cc(OC)cc(OC)c5)ccc4C)nc32)cc1. The lowest BCUT2D eigenvalue weighted by molar-refractivity contribution is 0.0992. The summed E-state index contributed by atoms with van der Waals surface area (Å²) in [5.74, 6) is 1.84. The van der Waals surface area contributed by atoms with Crippen molar-refractivity contribution in [3.8, 4) is 28.5 Å². The Kier molecular flexibility index (Phi) is 7.59. The highest BCUT2D eigenvalue weighted by Crippen LogP contribution is 2.28. The van der Waals surface area contributed by atoms with Gasteiger partial charge in [0, 0.05) is 29.0 Å². The normalized spacial score (nSPS) is 10.9. The molecule has 3 aromatic carbocycles. The number of hydrogen-bond acceptors (Lipinski definition) is 7. The van der Waals surface area contributed by atoms with Gasteiger partial charge in [-0.25, -0.2) is 9.67 Å². The molecule has 0 radical (unpaired) electrons. The van der Waals surface area contributed by atoms with Gasteiger partial charge in [-0.05, 0) is 66.1 Å². The molecule has 0 atom stereocenters. The Balaban J connectivity index is 1.48. The predicted octanol–water partition coefficient (Wildman–Crippen LogP) is 5.72. The largest absolute Gasteiger partial charge is 0.497 e. The lowest BCUT2D eigenvalue weighted by Crippen LogP contribution is -2.05. The van der Waals surface area contributed by atoms with Crippen molar-refractivity contribution in [1.29, 1.82) is 0 Å². The number of aryl methyl sites for hydroxylation is 1. The number of ketones is 1. The van der Waals surface area contributed by atoms with E-state index in [9.17, 15) is 9.59 Å². The van der Waals surface area contributed by atoms with Crippen molar-refractivity contribution in [2.45, 2.75) is 19.9 Å². The van der Waals surface area contributed by atoms with Crippen molar-refractivity contribution in [3.05, 3.63) is 101 Å². The van der Waals surface area contributed by atoms with Gasteiger partial charge >= 0.3 is 0 Å². The first-order valence-corrected chi connectivity index (χ1v) is 12.7. The van der Waals surface area contributed by atoms with Gasteiger partial charge in [0.25, 0.3) is 0 Å².